The Balaban J connectivity index is 1.90. The molecule has 0 aromatic rings. The van der Waals surface area contributed by atoms with E-state index in [0.29, 0.717) is 18.9 Å². The molecule has 0 radical (unpaired) electrons. The van der Waals surface area contributed by atoms with Crippen LogP contribution in [0.15, 0.2) is 22.8 Å². The molecule has 24 heavy (non-hydrogen) atoms. The van der Waals surface area contributed by atoms with Gasteiger partial charge < -0.3 is 19.7 Å². The number of rotatable bonds is 0. The molecule has 4 heterocycles. The van der Waals surface area contributed by atoms with Gasteiger partial charge in [-0.15, -0.1) is 0 Å². The molecule has 0 amide bonds. The Morgan fingerprint density at radius 1 is 1.25 bits per heavy atom. The molecule has 6 rings (SSSR count). The molecule has 6 atom stereocenters. The molecule has 6 aliphatic rings. The van der Waals surface area contributed by atoms with Gasteiger partial charge in [0.15, 0.2) is 0 Å². The van der Waals surface area contributed by atoms with E-state index in [9.17, 15) is 10.2 Å². The molecular weight excluding hydrogens is 304 g/mol. The molecule has 4 heteroatoms. The smallest absolute Gasteiger partial charge is 0.221 e. The van der Waals surface area contributed by atoms with Gasteiger partial charge in [0.25, 0.3) is 0 Å². The van der Waals surface area contributed by atoms with Crippen LogP contribution in [0.3, 0.4) is 0 Å². The quantitative estimate of drug-likeness (QED) is 0.669. The Morgan fingerprint density at radius 3 is 2.75 bits per heavy atom. The summed E-state index contributed by atoms with van der Waals surface area (Å²) < 4.78 is 12.3. The fourth-order valence-corrected chi connectivity index (χ4v) is 5.34. The third-order valence-corrected chi connectivity index (χ3v) is 7.35. The van der Waals surface area contributed by atoms with Crippen molar-refractivity contribution >= 4 is 0 Å². The molecule has 2 aliphatic carbocycles. The normalized spacial score (nSPS) is 53.6. The summed E-state index contributed by atoms with van der Waals surface area (Å²) in [4.78, 5) is 0. The number of aliphatic hydroxyl groups excluding tert-OH is 1. The number of aliphatic hydroxyl groups is 2. The zero-order valence-electron chi connectivity index (χ0n) is 15.3. The highest BCUT2D eigenvalue weighted by molar-refractivity contribution is 5.41. The van der Waals surface area contributed by atoms with Crippen LogP contribution < -0.4 is 0 Å². The Bertz CT molecular complexity index is 623. The van der Waals surface area contributed by atoms with E-state index >= 15 is 0 Å². The summed E-state index contributed by atoms with van der Waals surface area (Å²) in [6.45, 7) is 9.11. The minimum Gasteiger partial charge on any atom is -0.384 e. The molecule has 6 bridgehead atoms. The van der Waals surface area contributed by atoms with Crippen LogP contribution in [0.1, 0.15) is 59.8 Å². The number of hydrogen-bond donors (Lipinski definition) is 2. The van der Waals surface area contributed by atoms with Gasteiger partial charge >= 0.3 is 0 Å². The van der Waals surface area contributed by atoms with Crippen molar-refractivity contribution in [3.05, 3.63) is 22.8 Å². The van der Waals surface area contributed by atoms with Crippen LogP contribution in [0.25, 0.3) is 0 Å². The largest absolute Gasteiger partial charge is 0.384 e. The summed E-state index contributed by atoms with van der Waals surface area (Å²) >= 11 is 0. The van der Waals surface area contributed by atoms with Crippen LogP contribution >= 0.6 is 0 Å². The Morgan fingerprint density at radius 2 is 2.00 bits per heavy atom. The fraction of sp³-hybridized carbons (Fsp3) is 0.800. The van der Waals surface area contributed by atoms with Gasteiger partial charge in [0.2, 0.25) is 5.79 Å². The van der Waals surface area contributed by atoms with Gasteiger partial charge in [-0.2, -0.15) is 0 Å². The van der Waals surface area contributed by atoms with Crippen LogP contribution in [-0.4, -0.2) is 40.4 Å². The van der Waals surface area contributed by atoms with E-state index in [1.165, 1.54) is 11.1 Å². The van der Waals surface area contributed by atoms with E-state index in [1.54, 1.807) is 0 Å². The molecular formula is C20H30O4. The van der Waals surface area contributed by atoms with E-state index in [2.05, 4.69) is 26.8 Å². The summed E-state index contributed by atoms with van der Waals surface area (Å²) in [7, 11) is 0. The molecule has 0 aromatic carbocycles. The van der Waals surface area contributed by atoms with Crippen molar-refractivity contribution < 1.29 is 19.7 Å². The SMILES string of the molecule is C/C1=C\CC[C@]2(C)O[C@@H]3C[C@@H](C)[C@](C)(CC1)C1=C3[C@](O)(OC1)[C@H]2O. The number of ether oxygens (including phenoxy) is 2. The molecule has 2 N–H and O–H groups in total. The highest BCUT2D eigenvalue weighted by atomic mass is 16.7. The van der Waals surface area contributed by atoms with Crippen molar-refractivity contribution in [3.8, 4) is 0 Å². The minimum absolute atomic E-state index is 0.0125. The summed E-state index contributed by atoms with van der Waals surface area (Å²) in [5, 5.41) is 22.3. The fourth-order valence-electron chi connectivity index (χ4n) is 5.34. The summed E-state index contributed by atoms with van der Waals surface area (Å²) in [6.07, 6.45) is 5.60. The van der Waals surface area contributed by atoms with Gasteiger partial charge in [-0.3, -0.25) is 0 Å². The van der Waals surface area contributed by atoms with Crippen molar-refractivity contribution in [2.24, 2.45) is 11.3 Å². The molecule has 0 saturated carbocycles. The third kappa shape index (κ3) is 2.06. The van der Waals surface area contributed by atoms with Gasteiger partial charge in [0.1, 0.15) is 6.10 Å². The summed E-state index contributed by atoms with van der Waals surface area (Å²) in [5.74, 6) is -1.12. The maximum atomic E-state index is 11.3. The molecule has 4 aliphatic heterocycles. The average molecular weight is 334 g/mol. The van der Waals surface area contributed by atoms with Crippen molar-refractivity contribution in [2.45, 2.75) is 83.4 Å². The van der Waals surface area contributed by atoms with Crippen LogP contribution in [0.4, 0.5) is 0 Å². The molecule has 134 valence electrons. The second-order valence-electron chi connectivity index (χ2n) is 8.84. The van der Waals surface area contributed by atoms with Crippen molar-refractivity contribution in [2.75, 3.05) is 6.61 Å². The van der Waals surface area contributed by atoms with Gasteiger partial charge in [0.05, 0.1) is 18.3 Å². The lowest BCUT2D eigenvalue weighted by Crippen LogP contribution is -2.65. The molecule has 0 aromatic heterocycles. The maximum absolute atomic E-state index is 11.3. The van der Waals surface area contributed by atoms with Crippen LogP contribution in [0.5, 0.6) is 0 Å². The number of allylic oxidation sites excluding steroid dienone is 2. The van der Waals surface area contributed by atoms with Gasteiger partial charge in [-0.05, 0) is 62.9 Å². The van der Waals surface area contributed by atoms with Gasteiger partial charge in [0, 0.05) is 5.57 Å². The third-order valence-electron chi connectivity index (χ3n) is 7.35. The summed E-state index contributed by atoms with van der Waals surface area (Å²) in [5.41, 5.74) is 2.60. The first kappa shape index (κ1) is 16.8. The minimum atomic E-state index is -1.58. The summed E-state index contributed by atoms with van der Waals surface area (Å²) in [6, 6.07) is 0. The predicted octanol–water partition coefficient (Wildman–Crippen LogP) is 3.09. The zero-order chi connectivity index (χ0) is 17.3. The molecule has 0 spiro atoms. The van der Waals surface area contributed by atoms with Crippen molar-refractivity contribution in [1.29, 1.82) is 0 Å². The van der Waals surface area contributed by atoms with E-state index < -0.39 is 17.5 Å². The second-order valence-corrected chi connectivity index (χ2v) is 8.84. The molecule has 1 saturated heterocycles. The topological polar surface area (TPSA) is 58.9 Å². The first-order valence-electron chi connectivity index (χ1n) is 9.32. The number of hydrogen-bond acceptors (Lipinski definition) is 4. The first-order valence-corrected chi connectivity index (χ1v) is 9.32. The molecule has 0 unspecified atom stereocenters. The lowest BCUT2D eigenvalue weighted by atomic mass is 9.60. The van der Waals surface area contributed by atoms with Gasteiger partial charge in [-0.1, -0.05) is 25.5 Å². The lowest BCUT2D eigenvalue weighted by Gasteiger charge is -2.54. The van der Waals surface area contributed by atoms with E-state index in [4.69, 9.17) is 9.47 Å². The monoisotopic (exact) mass is 334 g/mol. The highest BCUT2D eigenvalue weighted by Gasteiger charge is 2.64. The Labute approximate surface area is 144 Å². The molecule has 4 nitrogen and oxygen atoms in total. The highest BCUT2D eigenvalue weighted by Crippen LogP contribution is 2.58. The molecule has 1 fully saturated rings. The van der Waals surface area contributed by atoms with Crippen molar-refractivity contribution in [3.63, 3.8) is 0 Å². The first-order chi connectivity index (χ1) is 11.2. The average Bonchev–Trinajstić information content (AvgIpc) is 2.88. The van der Waals surface area contributed by atoms with Gasteiger partial charge in [-0.25, -0.2) is 0 Å². The van der Waals surface area contributed by atoms with E-state index in [-0.39, 0.29) is 11.5 Å². The predicted molar refractivity (Wildman–Crippen MR) is 91.3 cm³/mol. The van der Waals surface area contributed by atoms with Crippen LogP contribution in [0.2, 0.25) is 0 Å². The lowest BCUT2D eigenvalue weighted by molar-refractivity contribution is -0.304. The maximum Gasteiger partial charge on any atom is 0.221 e. The van der Waals surface area contributed by atoms with E-state index in [1.807, 2.05) is 6.92 Å². The van der Waals surface area contributed by atoms with Crippen molar-refractivity contribution in [1.82, 2.24) is 0 Å². The van der Waals surface area contributed by atoms with Crippen LogP contribution in [0, 0.1) is 11.3 Å². The zero-order valence-corrected chi connectivity index (χ0v) is 15.3. The second kappa shape index (κ2) is 5.16. The Kier molecular flexibility index (Phi) is 3.61. The number of fused-ring (bicyclic) bond motifs is 1. The standard InChI is InChI=1S/C20H30O4/c1-12-6-5-8-19(4)17(21)20(22)16-14(11-23-20)18(3,9-7-12)13(2)10-15(16)24-19/h6,13,15,17,21-22H,5,7-11H2,1-4H3/b12-6+/t13-,15-,17+,18+,19+,20+/m1/s1. The van der Waals surface area contributed by atoms with Crippen LogP contribution in [-0.2, 0) is 9.47 Å². The van der Waals surface area contributed by atoms with E-state index in [0.717, 1.165) is 31.3 Å². The Hall–Kier alpha value is -0.680.